The summed E-state index contributed by atoms with van der Waals surface area (Å²) in [4.78, 5) is 12.4. The van der Waals surface area contributed by atoms with E-state index in [1.54, 1.807) is 61.5 Å². The van der Waals surface area contributed by atoms with E-state index in [9.17, 15) is 13.2 Å². The maximum Gasteiger partial charge on any atom is 0.247 e. The van der Waals surface area contributed by atoms with Gasteiger partial charge in [0.05, 0.1) is 11.9 Å². The number of hydrogen-bond acceptors (Lipinski definition) is 3. The second kappa shape index (κ2) is 7.14. The van der Waals surface area contributed by atoms with Crippen molar-refractivity contribution in [2.24, 2.45) is 0 Å². The Kier molecular flexibility index (Phi) is 5.43. The molecule has 0 aliphatic heterocycles. The van der Waals surface area contributed by atoms with Crippen molar-refractivity contribution in [3.63, 3.8) is 0 Å². The van der Waals surface area contributed by atoms with Crippen LogP contribution in [0.3, 0.4) is 0 Å². The molecule has 1 unspecified atom stereocenters. The van der Waals surface area contributed by atoms with Gasteiger partial charge in [-0.3, -0.25) is 9.10 Å². The smallest absolute Gasteiger partial charge is 0.247 e. The Morgan fingerprint density at radius 2 is 1.65 bits per heavy atom. The monoisotopic (exact) mass is 396 g/mol. The molecule has 23 heavy (non-hydrogen) atoms. The molecule has 1 N–H and O–H groups in total. The van der Waals surface area contributed by atoms with Gasteiger partial charge in [-0.2, -0.15) is 0 Å². The van der Waals surface area contributed by atoms with E-state index in [4.69, 9.17) is 0 Å². The third-order valence-corrected chi connectivity index (χ3v) is 4.98. The van der Waals surface area contributed by atoms with Crippen LogP contribution in [0.2, 0.25) is 0 Å². The van der Waals surface area contributed by atoms with Crippen LogP contribution in [0.25, 0.3) is 0 Å². The third kappa shape index (κ3) is 4.56. The summed E-state index contributed by atoms with van der Waals surface area (Å²) in [5.74, 6) is -0.401. The van der Waals surface area contributed by atoms with Crippen LogP contribution in [-0.4, -0.2) is 26.6 Å². The molecular formula is C16H17BrN2O3S. The number of nitrogens with one attached hydrogen (secondary N) is 1. The Hall–Kier alpha value is -1.86. The fraction of sp³-hybridized carbons (Fsp3) is 0.188. The fourth-order valence-corrected chi connectivity index (χ4v) is 3.60. The first-order valence-electron chi connectivity index (χ1n) is 6.90. The minimum absolute atomic E-state index is 0.401. The zero-order valence-corrected chi connectivity index (χ0v) is 15.1. The molecular weight excluding hydrogens is 380 g/mol. The van der Waals surface area contributed by atoms with E-state index in [-0.39, 0.29) is 0 Å². The number of nitrogens with zero attached hydrogens (tertiary/aromatic N) is 1. The lowest BCUT2D eigenvalue weighted by Gasteiger charge is -2.28. The van der Waals surface area contributed by atoms with Gasteiger partial charge in [-0.25, -0.2) is 8.42 Å². The van der Waals surface area contributed by atoms with Crippen molar-refractivity contribution in [1.29, 1.82) is 0 Å². The zero-order valence-electron chi connectivity index (χ0n) is 12.7. The summed E-state index contributed by atoms with van der Waals surface area (Å²) < 4.78 is 26.2. The summed E-state index contributed by atoms with van der Waals surface area (Å²) in [5.41, 5.74) is 1.06. The number of benzene rings is 2. The van der Waals surface area contributed by atoms with Crippen LogP contribution in [-0.2, 0) is 14.8 Å². The number of hydrogen-bond donors (Lipinski definition) is 1. The van der Waals surface area contributed by atoms with Gasteiger partial charge < -0.3 is 5.32 Å². The van der Waals surface area contributed by atoms with Crippen LogP contribution in [0.15, 0.2) is 59.1 Å². The Morgan fingerprint density at radius 3 is 2.17 bits per heavy atom. The first-order valence-corrected chi connectivity index (χ1v) is 9.54. The van der Waals surface area contributed by atoms with E-state index in [2.05, 4.69) is 21.2 Å². The van der Waals surface area contributed by atoms with Gasteiger partial charge in [-0.05, 0) is 43.3 Å². The number of carbonyl (C=O) groups is 1. The molecule has 2 rings (SSSR count). The molecule has 0 aliphatic carbocycles. The lowest BCUT2D eigenvalue weighted by molar-refractivity contribution is -0.116. The van der Waals surface area contributed by atoms with Crippen molar-refractivity contribution in [3.05, 3.63) is 59.1 Å². The molecule has 0 fully saturated rings. The van der Waals surface area contributed by atoms with Crippen LogP contribution in [0, 0.1) is 0 Å². The van der Waals surface area contributed by atoms with E-state index in [0.29, 0.717) is 11.4 Å². The molecule has 0 aliphatic rings. The highest BCUT2D eigenvalue weighted by molar-refractivity contribution is 9.10. The highest BCUT2D eigenvalue weighted by Gasteiger charge is 2.28. The highest BCUT2D eigenvalue weighted by Crippen LogP contribution is 2.21. The topological polar surface area (TPSA) is 66.5 Å². The third-order valence-electron chi connectivity index (χ3n) is 3.21. The van der Waals surface area contributed by atoms with Gasteiger partial charge in [0.2, 0.25) is 15.9 Å². The van der Waals surface area contributed by atoms with Crippen molar-refractivity contribution in [1.82, 2.24) is 0 Å². The average Bonchev–Trinajstić information content (AvgIpc) is 2.49. The molecule has 0 saturated heterocycles. The van der Waals surface area contributed by atoms with Crippen LogP contribution < -0.4 is 9.62 Å². The number of amides is 1. The van der Waals surface area contributed by atoms with E-state index >= 15 is 0 Å². The molecule has 2 aromatic rings. The predicted molar refractivity (Wildman–Crippen MR) is 96.0 cm³/mol. The maximum atomic E-state index is 12.4. The van der Waals surface area contributed by atoms with Gasteiger partial charge >= 0.3 is 0 Å². The van der Waals surface area contributed by atoms with Crippen molar-refractivity contribution in [3.8, 4) is 0 Å². The minimum Gasteiger partial charge on any atom is -0.324 e. The molecule has 1 atom stereocenters. The van der Waals surface area contributed by atoms with E-state index in [1.165, 1.54) is 0 Å². The lowest BCUT2D eigenvalue weighted by atomic mass is 10.2. The number of para-hydroxylation sites is 1. The fourth-order valence-electron chi connectivity index (χ4n) is 2.16. The van der Waals surface area contributed by atoms with Crippen molar-refractivity contribution in [2.75, 3.05) is 15.9 Å². The van der Waals surface area contributed by atoms with Gasteiger partial charge in [0.1, 0.15) is 6.04 Å². The van der Waals surface area contributed by atoms with Crippen molar-refractivity contribution >= 4 is 43.2 Å². The van der Waals surface area contributed by atoms with Crippen molar-refractivity contribution < 1.29 is 13.2 Å². The van der Waals surface area contributed by atoms with Crippen LogP contribution in [0.1, 0.15) is 6.92 Å². The normalized spacial score (nSPS) is 12.5. The maximum absolute atomic E-state index is 12.4. The summed E-state index contributed by atoms with van der Waals surface area (Å²) in [6.07, 6.45) is 1.09. The van der Waals surface area contributed by atoms with Gasteiger partial charge in [-0.1, -0.05) is 34.1 Å². The molecule has 1 amide bonds. The second-order valence-corrected chi connectivity index (χ2v) is 7.84. The van der Waals surface area contributed by atoms with E-state index < -0.39 is 22.0 Å². The standard InChI is InChI=1S/C16H17BrN2O3S/c1-12(16(20)18-14-10-8-13(17)9-11-14)19(23(2,21)22)15-6-4-3-5-7-15/h3-12H,1-2H3,(H,18,20). The molecule has 2 aromatic carbocycles. The van der Waals surface area contributed by atoms with Crippen molar-refractivity contribution in [2.45, 2.75) is 13.0 Å². The second-order valence-electron chi connectivity index (χ2n) is 5.07. The molecule has 5 nitrogen and oxygen atoms in total. The SMILES string of the molecule is CC(C(=O)Nc1ccc(Br)cc1)N(c1ccccc1)S(C)(=O)=O. The quantitative estimate of drug-likeness (QED) is 0.843. The van der Waals surface area contributed by atoms with Crippen LogP contribution in [0.5, 0.6) is 0 Å². The number of anilines is 2. The molecule has 0 spiro atoms. The minimum atomic E-state index is -3.60. The molecule has 0 bridgehead atoms. The Balaban J connectivity index is 2.25. The lowest BCUT2D eigenvalue weighted by Crippen LogP contribution is -2.45. The molecule has 0 saturated carbocycles. The van der Waals surface area contributed by atoms with E-state index in [0.717, 1.165) is 15.0 Å². The van der Waals surface area contributed by atoms with Gasteiger partial charge in [0.25, 0.3) is 0 Å². The van der Waals surface area contributed by atoms with E-state index in [1.807, 2.05) is 0 Å². The van der Waals surface area contributed by atoms with Crippen LogP contribution >= 0.6 is 15.9 Å². The average molecular weight is 397 g/mol. The van der Waals surface area contributed by atoms with Gasteiger partial charge in [0, 0.05) is 10.2 Å². The summed E-state index contributed by atoms with van der Waals surface area (Å²) in [6.45, 7) is 1.56. The Morgan fingerprint density at radius 1 is 1.09 bits per heavy atom. The highest BCUT2D eigenvalue weighted by atomic mass is 79.9. The summed E-state index contributed by atoms with van der Waals surface area (Å²) >= 11 is 3.32. The summed E-state index contributed by atoms with van der Waals surface area (Å²) in [5, 5.41) is 2.73. The first kappa shape index (κ1) is 17.5. The van der Waals surface area contributed by atoms with Gasteiger partial charge in [0.15, 0.2) is 0 Å². The number of sulfonamides is 1. The Bertz CT molecular complexity index is 777. The first-order chi connectivity index (χ1) is 10.8. The predicted octanol–water partition coefficient (Wildman–Crippen LogP) is 3.24. The largest absolute Gasteiger partial charge is 0.324 e. The van der Waals surface area contributed by atoms with Gasteiger partial charge in [-0.15, -0.1) is 0 Å². The molecule has 0 aromatic heterocycles. The number of rotatable bonds is 5. The molecule has 0 radical (unpaired) electrons. The molecule has 0 heterocycles. The zero-order chi connectivity index (χ0) is 17.0. The number of carbonyl (C=O) groups excluding carboxylic acids is 1. The molecule has 7 heteroatoms. The van der Waals surface area contributed by atoms with Crippen LogP contribution in [0.4, 0.5) is 11.4 Å². The number of halogens is 1. The Labute approximate surface area is 144 Å². The molecule has 122 valence electrons. The summed E-state index contributed by atoms with van der Waals surface area (Å²) in [6, 6.07) is 14.8. The summed E-state index contributed by atoms with van der Waals surface area (Å²) in [7, 11) is -3.60.